The topological polar surface area (TPSA) is 58.6 Å². The Bertz CT molecular complexity index is 1140. The van der Waals surface area contributed by atoms with Crippen molar-refractivity contribution in [2.24, 2.45) is 5.41 Å². The fourth-order valence-corrected chi connectivity index (χ4v) is 6.52. The molecular weight excluding hydrogens is 469 g/mol. The molecule has 2 aromatic carbocycles. The monoisotopic (exact) mass is 500 g/mol. The van der Waals surface area contributed by atoms with Crippen LogP contribution in [0.15, 0.2) is 48.5 Å². The van der Waals surface area contributed by atoms with E-state index in [9.17, 15) is 22.8 Å². The second-order valence-corrected chi connectivity index (χ2v) is 10.3. The number of ether oxygens (including phenoxy) is 1. The number of amides is 2. The number of rotatable bonds is 4. The number of methoxy groups -OCH3 is 1. The first-order valence-electron chi connectivity index (χ1n) is 12.6. The number of carbonyl (C=O) groups is 2. The lowest BCUT2D eigenvalue weighted by Crippen LogP contribution is -2.60. The van der Waals surface area contributed by atoms with Gasteiger partial charge < -0.3 is 15.0 Å². The molecule has 0 unspecified atom stereocenters. The molecule has 2 saturated heterocycles. The Morgan fingerprint density at radius 1 is 1.06 bits per heavy atom. The van der Waals surface area contributed by atoms with E-state index in [4.69, 9.17) is 4.74 Å². The smallest absolute Gasteiger partial charge is 0.356 e. The maximum absolute atomic E-state index is 14.7. The third-order valence-electron chi connectivity index (χ3n) is 8.52. The summed E-state index contributed by atoms with van der Waals surface area (Å²) in [7, 11) is 0.959. The van der Waals surface area contributed by atoms with Gasteiger partial charge in [0.05, 0.1) is 0 Å². The third kappa shape index (κ3) is 3.99. The number of halogens is 3. The van der Waals surface area contributed by atoms with Crippen LogP contribution in [-0.4, -0.2) is 49.6 Å². The zero-order valence-electron chi connectivity index (χ0n) is 20.4. The van der Waals surface area contributed by atoms with Crippen LogP contribution < -0.4 is 5.32 Å². The zero-order valence-corrected chi connectivity index (χ0v) is 20.4. The molecule has 5 rings (SSSR count). The summed E-state index contributed by atoms with van der Waals surface area (Å²) in [5, 5.41) is 2.94. The van der Waals surface area contributed by atoms with Gasteiger partial charge in [-0.15, -0.1) is 0 Å². The van der Waals surface area contributed by atoms with Gasteiger partial charge in [0.15, 0.2) is 0 Å². The van der Waals surface area contributed by atoms with E-state index in [0.717, 1.165) is 36.6 Å². The summed E-state index contributed by atoms with van der Waals surface area (Å²) in [5.74, 6) is -1.09. The summed E-state index contributed by atoms with van der Waals surface area (Å²) in [6.07, 6.45) is -1.31. The second kappa shape index (κ2) is 9.21. The van der Waals surface area contributed by atoms with Crippen LogP contribution in [0.1, 0.15) is 53.9 Å². The standard InChI is InChI=1S/C28H31F3N2O3/c1-36-27(28(29,30)31,22-11-10-19-8-5-9-21(19)16-22)25(35)33-14-12-26(13-15-33)17-24(34)32-18-23(26)20-6-3-2-4-7-20/h2-4,6-7,10-11,16,23H,5,8-9,12-15,17-18H2,1H3,(H,32,34)/t23-,27-/m0/s1. The second-order valence-electron chi connectivity index (χ2n) is 10.3. The van der Waals surface area contributed by atoms with Gasteiger partial charge in [-0.25, -0.2) is 0 Å². The molecule has 2 aliphatic heterocycles. The van der Waals surface area contributed by atoms with Gasteiger partial charge in [0.1, 0.15) is 0 Å². The van der Waals surface area contributed by atoms with E-state index in [2.05, 4.69) is 5.32 Å². The highest BCUT2D eigenvalue weighted by molar-refractivity contribution is 5.88. The first-order chi connectivity index (χ1) is 17.2. The zero-order chi connectivity index (χ0) is 25.6. The maximum Gasteiger partial charge on any atom is 0.430 e. The quantitative estimate of drug-likeness (QED) is 0.673. The highest BCUT2D eigenvalue weighted by Crippen LogP contribution is 2.50. The fraction of sp³-hybridized carbons (Fsp3) is 0.500. The number of carbonyl (C=O) groups excluding carboxylic acids is 2. The van der Waals surface area contributed by atoms with E-state index in [1.54, 1.807) is 6.07 Å². The molecule has 2 aromatic rings. The molecule has 1 N–H and O–H groups in total. The van der Waals surface area contributed by atoms with Gasteiger partial charge in [0, 0.05) is 44.6 Å². The molecule has 0 saturated carbocycles. The van der Waals surface area contributed by atoms with Crippen LogP contribution in [0, 0.1) is 5.41 Å². The molecule has 2 heterocycles. The molecule has 36 heavy (non-hydrogen) atoms. The summed E-state index contributed by atoms with van der Waals surface area (Å²) in [4.78, 5) is 27.4. The van der Waals surface area contributed by atoms with Crippen molar-refractivity contribution in [3.05, 3.63) is 70.8 Å². The Morgan fingerprint density at radius 2 is 1.75 bits per heavy atom. The van der Waals surface area contributed by atoms with E-state index in [1.807, 2.05) is 30.3 Å². The molecule has 5 nitrogen and oxygen atoms in total. The van der Waals surface area contributed by atoms with Gasteiger partial charge in [-0.3, -0.25) is 9.59 Å². The summed E-state index contributed by atoms with van der Waals surface area (Å²) in [5.41, 5.74) is -0.650. The van der Waals surface area contributed by atoms with Crippen LogP contribution in [0.25, 0.3) is 0 Å². The van der Waals surface area contributed by atoms with Crippen LogP contribution in [0.5, 0.6) is 0 Å². The lowest BCUT2D eigenvalue weighted by Gasteiger charge is -2.50. The van der Waals surface area contributed by atoms with Gasteiger partial charge in [0.25, 0.3) is 11.5 Å². The number of aryl methyl sites for hydroxylation is 2. The van der Waals surface area contributed by atoms with E-state index in [-0.39, 0.29) is 30.5 Å². The molecule has 3 aliphatic rings. The van der Waals surface area contributed by atoms with E-state index in [1.165, 1.54) is 17.0 Å². The molecule has 2 fully saturated rings. The van der Waals surface area contributed by atoms with Crippen molar-refractivity contribution in [3.8, 4) is 0 Å². The van der Waals surface area contributed by atoms with Crippen LogP contribution >= 0.6 is 0 Å². The van der Waals surface area contributed by atoms with Gasteiger partial charge in [0.2, 0.25) is 5.91 Å². The average Bonchev–Trinajstić information content (AvgIpc) is 3.33. The van der Waals surface area contributed by atoms with E-state index in [0.29, 0.717) is 32.2 Å². The predicted molar refractivity (Wildman–Crippen MR) is 128 cm³/mol. The van der Waals surface area contributed by atoms with Crippen molar-refractivity contribution in [2.75, 3.05) is 26.7 Å². The lowest BCUT2D eigenvalue weighted by molar-refractivity contribution is -0.271. The molecule has 0 aromatic heterocycles. The van der Waals surface area contributed by atoms with E-state index >= 15 is 0 Å². The lowest BCUT2D eigenvalue weighted by atomic mass is 9.62. The normalized spacial score (nSPS) is 23.2. The molecule has 1 aliphatic carbocycles. The SMILES string of the molecule is CO[C@](C(=O)N1CCC2(CC1)CC(=O)NC[C@H]2c1ccccc1)(c1ccc2c(c1)CCC2)C(F)(F)F. The highest BCUT2D eigenvalue weighted by Gasteiger charge is 2.64. The minimum absolute atomic E-state index is 0.0418. The number of alkyl halides is 3. The Kier molecular flexibility index (Phi) is 6.35. The number of hydrogen-bond donors (Lipinski definition) is 1. The van der Waals surface area contributed by atoms with Crippen molar-refractivity contribution in [3.63, 3.8) is 0 Å². The van der Waals surface area contributed by atoms with Crippen LogP contribution in [-0.2, 0) is 32.8 Å². The molecule has 2 amide bonds. The number of likely N-dealkylation sites (tertiary alicyclic amines) is 1. The predicted octanol–water partition coefficient (Wildman–Crippen LogP) is 4.49. The summed E-state index contributed by atoms with van der Waals surface area (Å²) in [6, 6.07) is 14.5. The minimum atomic E-state index is -4.93. The Balaban J connectivity index is 1.44. The summed E-state index contributed by atoms with van der Waals surface area (Å²) in [6.45, 7) is 0.764. The number of nitrogens with zero attached hydrogens (tertiary/aromatic N) is 1. The number of hydrogen-bond acceptors (Lipinski definition) is 3. The largest absolute Gasteiger partial charge is 0.430 e. The molecule has 0 radical (unpaired) electrons. The molecule has 1 spiro atoms. The van der Waals surface area contributed by atoms with Crippen molar-refractivity contribution >= 4 is 11.8 Å². The summed E-state index contributed by atoms with van der Waals surface area (Å²) >= 11 is 0. The Morgan fingerprint density at radius 3 is 2.42 bits per heavy atom. The van der Waals surface area contributed by atoms with Crippen molar-refractivity contribution in [2.45, 2.75) is 56.2 Å². The molecule has 0 bridgehead atoms. The summed E-state index contributed by atoms with van der Waals surface area (Å²) < 4.78 is 49.2. The minimum Gasteiger partial charge on any atom is -0.356 e. The number of nitrogens with one attached hydrogen (secondary N) is 1. The van der Waals surface area contributed by atoms with E-state index < -0.39 is 23.1 Å². The van der Waals surface area contributed by atoms with Crippen molar-refractivity contribution in [1.82, 2.24) is 10.2 Å². The first-order valence-corrected chi connectivity index (χ1v) is 12.6. The van der Waals surface area contributed by atoms with Gasteiger partial charge in [-0.2, -0.15) is 13.2 Å². The maximum atomic E-state index is 14.7. The van der Waals surface area contributed by atoms with Gasteiger partial charge >= 0.3 is 6.18 Å². The van der Waals surface area contributed by atoms with Crippen LogP contribution in [0.3, 0.4) is 0 Å². The van der Waals surface area contributed by atoms with Crippen molar-refractivity contribution < 1.29 is 27.5 Å². The van der Waals surface area contributed by atoms with Crippen molar-refractivity contribution in [1.29, 1.82) is 0 Å². The molecule has 192 valence electrons. The van der Waals surface area contributed by atoms with Crippen LogP contribution in [0.4, 0.5) is 13.2 Å². The average molecular weight is 501 g/mol. The molecule has 2 atom stereocenters. The van der Waals surface area contributed by atoms with Gasteiger partial charge in [-0.1, -0.05) is 48.5 Å². The number of fused-ring (bicyclic) bond motifs is 1. The van der Waals surface area contributed by atoms with Gasteiger partial charge in [-0.05, 0) is 54.2 Å². The highest BCUT2D eigenvalue weighted by atomic mass is 19.4. The molecular formula is C28H31F3N2O3. The Labute approximate surface area is 209 Å². The number of benzene rings is 2. The fourth-order valence-electron chi connectivity index (χ4n) is 6.52. The first kappa shape index (κ1) is 24.8. The molecule has 8 heteroatoms. The third-order valence-corrected chi connectivity index (χ3v) is 8.52. The van der Waals surface area contributed by atoms with Crippen LogP contribution in [0.2, 0.25) is 0 Å². The Hall–Kier alpha value is -2.87. The number of piperidine rings is 2.